The number of nitrogens with one attached hydrogen (secondary N) is 1. The first-order valence-electron chi connectivity index (χ1n) is 12.5. The van der Waals surface area contributed by atoms with Crippen LogP contribution in [0.4, 0.5) is 14.5 Å². The van der Waals surface area contributed by atoms with Gasteiger partial charge in [0.2, 0.25) is 0 Å². The van der Waals surface area contributed by atoms with Crippen LogP contribution >= 0.6 is 11.6 Å². The van der Waals surface area contributed by atoms with Gasteiger partial charge in [-0.15, -0.1) is 10.2 Å². The molecule has 1 aliphatic heterocycles. The lowest BCUT2D eigenvalue weighted by Crippen LogP contribution is -2.47. The van der Waals surface area contributed by atoms with Crippen LogP contribution in [0.5, 0.6) is 0 Å². The maximum Gasteiger partial charge on any atom is 0.345 e. The Morgan fingerprint density at radius 1 is 1.24 bits per heavy atom. The molecule has 0 spiro atoms. The second-order valence-electron chi connectivity index (χ2n) is 10.1. The summed E-state index contributed by atoms with van der Waals surface area (Å²) in [6, 6.07) is 11.4. The summed E-state index contributed by atoms with van der Waals surface area (Å²) in [5, 5.41) is 12.3. The fourth-order valence-electron chi connectivity index (χ4n) is 5.17. The van der Waals surface area contributed by atoms with Crippen molar-refractivity contribution in [1.29, 1.82) is 0 Å². The lowest BCUT2D eigenvalue weighted by Gasteiger charge is -2.39. The summed E-state index contributed by atoms with van der Waals surface area (Å²) in [7, 11) is 1.81. The molecule has 0 saturated heterocycles. The largest absolute Gasteiger partial charge is 0.345 e. The molecule has 2 aromatic carbocycles. The molecule has 1 aromatic heterocycles. The average Bonchev–Trinajstić information content (AvgIpc) is 3.42. The van der Waals surface area contributed by atoms with Crippen LogP contribution in [0.25, 0.3) is 0 Å². The van der Waals surface area contributed by atoms with Gasteiger partial charge in [-0.3, -0.25) is 4.79 Å². The van der Waals surface area contributed by atoms with E-state index in [1.807, 2.05) is 36.4 Å². The molecule has 3 aromatic rings. The molecule has 2 heterocycles. The Morgan fingerprint density at radius 2 is 2.05 bits per heavy atom. The fraction of sp³-hybridized carbons (Fsp3) is 0.444. The van der Waals surface area contributed by atoms with Crippen molar-refractivity contribution in [2.24, 2.45) is 7.05 Å². The van der Waals surface area contributed by atoms with E-state index in [0.717, 1.165) is 29.5 Å². The van der Waals surface area contributed by atoms with Crippen molar-refractivity contribution >= 4 is 23.2 Å². The number of hydrogen-bond donors (Lipinski definition) is 1. The first-order valence-corrected chi connectivity index (χ1v) is 12.8. The topological polar surface area (TPSA) is 72.3 Å². The molecule has 1 N–H and O–H groups in total. The van der Waals surface area contributed by atoms with Crippen molar-refractivity contribution in [2.45, 2.75) is 63.8 Å². The molecule has 0 bridgehead atoms. The van der Waals surface area contributed by atoms with Crippen molar-refractivity contribution in [1.82, 2.24) is 20.1 Å². The van der Waals surface area contributed by atoms with Crippen molar-refractivity contribution < 1.29 is 18.3 Å². The van der Waals surface area contributed by atoms with E-state index in [1.54, 1.807) is 22.8 Å². The number of carbonyl (C=O) groups is 1. The van der Waals surface area contributed by atoms with Gasteiger partial charge in [-0.25, -0.2) is 0 Å². The third kappa shape index (κ3) is 5.39. The summed E-state index contributed by atoms with van der Waals surface area (Å²) in [5.74, 6) is 0.189. The summed E-state index contributed by atoms with van der Waals surface area (Å²) < 4.78 is 31.5. The second-order valence-corrected chi connectivity index (χ2v) is 10.5. The third-order valence-corrected chi connectivity index (χ3v) is 7.85. The number of hydrogen-bond acceptors (Lipinski definition) is 5. The van der Waals surface area contributed by atoms with Gasteiger partial charge in [0, 0.05) is 46.9 Å². The molecular formula is C27H30ClF2N5O2. The number of aromatic nitrogens is 3. The molecule has 37 heavy (non-hydrogen) atoms. The number of nitrogens with zero attached hydrogens (tertiary/aromatic N) is 4. The second kappa shape index (κ2) is 10.5. The number of carbonyl (C=O) groups excluding carboxylic acids is 1. The average molecular weight is 530 g/mol. The molecule has 5 rings (SSSR count). The van der Waals surface area contributed by atoms with Crippen LogP contribution in [-0.4, -0.2) is 39.4 Å². The lowest BCUT2D eigenvalue weighted by atomic mass is 9.78. The molecule has 1 atom stereocenters. The maximum atomic E-state index is 13.5. The van der Waals surface area contributed by atoms with E-state index in [-0.39, 0.29) is 30.4 Å². The van der Waals surface area contributed by atoms with Crippen molar-refractivity contribution in [2.75, 3.05) is 11.5 Å². The van der Waals surface area contributed by atoms with Gasteiger partial charge in [0.15, 0.2) is 0 Å². The van der Waals surface area contributed by atoms with Gasteiger partial charge < -0.3 is 19.5 Å². The zero-order chi connectivity index (χ0) is 26.2. The standard InChI is InChI=1S/C27H30ClF2N5O2/c1-27(8-4-9-27)31-14-17-11-21-22(23(28)12-17)15-35(25(21)36)19-6-3-5-18(13-19)20(7-10-37-26(29)30)24-33-32-16-34(24)2/h3,5-6,11-13,16,20,26,31H,4,7-10,14-15H2,1-2H3/t20-/m0/s1. The normalized spacial score (nSPS) is 17.2. The van der Waals surface area contributed by atoms with Gasteiger partial charge in [-0.1, -0.05) is 23.7 Å². The lowest BCUT2D eigenvalue weighted by molar-refractivity contribution is -0.129. The van der Waals surface area contributed by atoms with Gasteiger partial charge in [-0.2, -0.15) is 8.78 Å². The number of benzene rings is 2. The van der Waals surface area contributed by atoms with Gasteiger partial charge in [0.05, 0.1) is 13.2 Å². The predicted octanol–water partition coefficient (Wildman–Crippen LogP) is 5.42. The predicted molar refractivity (Wildman–Crippen MR) is 137 cm³/mol. The summed E-state index contributed by atoms with van der Waals surface area (Å²) >= 11 is 6.64. The zero-order valence-corrected chi connectivity index (χ0v) is 21.6. The number of aryl methyl sites for hydroxylation is 1. The summed E-state index contributed by atoms with van der Waals surface area (Å²) in [6.45, 7) is 0.267. The Bertz CT molecular complexity index is 1290. The molecule has 1 fully saturated rings. The van der Waals surface area contributed by atoms with Crippen LogP contribution in [0.3, 0.4) is 0 Å². The molecule has 1 aliphatic carbocycles. The molecule has 0 radical (unpaired) electrons. The van der Waals surface area contributed by atoms with Crippen LogP contribution in [0, 0.1) is 0 Å². The molecular weight excluding hydrogens is 500 g/mol. The maximum absolute atomic E-state index is 13.5. The fourth-order valence-corrected chi connectivity index (χ4v) is 5.47. The van der Waals surface area contributed by atoms with Crippen LogP contribution < -0.4 is 10.2 Å². The Morgan fingerprint density at radius 3 is 2.73 bits per heavy atom. The number of ether oxygens (including phenoxy) is 1. The van der Waals surface area contributed by atoms with E-state index < -0.39 is 6.61 Å². The third-order valence-electron chi connectivity index (χ3n) is 7.52. The number of amides is 1. The SMILES string of the molecule is Cn1cnnc1[C@@H](CCOC(F)F)c1cccc(N2Cc3c(Cl)cc(CNC4(C)CCC4)cc3C2=O)c1. The Balaban J connectivity index is 1.38. The van der Waals surface area contributed by atoms with Crippen LogP contribution in [0.2, 0.25) is 5.02 Å². The smallest absolute Gasteiger partial charge is 0.323 e. The Kier molecular flexibility index (Phi) is 7.29. The summed E-state index contributed by atoms with van der Waals surface area (Å²) in [5.41, 5.74) is 4.11. The van der Waals surface area contributed by atoms with Crippen LogP contribution in [-0.2, 0) is 24.9 Å². The van der Waals surface area contributed by atoms with Crippen molar-refractivity contribution in [3.63, 3.8) is 0 Å². The van der Waals surface area contributed by atoms with Gasteiger partial charge in [0.25, 0.3) is 5.91 Å². The molecule has 10 heteroatoms. The van der Waals surface area contributed by atoms with Gasteiger partial charge in [-0.05, 0) is 68.0 Å². The molecule has 1 saturated carbocycles. The molecule has 1 amide bonds. The minimum atomic E-state index is -2.84. The highest BCUT2D eigenvalue weighted by Gasteiger charge is 2.33. The molecule has 2 aliphatic rings. The van der Waals surface area contributed by atoms with E-state index in [2.05, 4.69) is 27.2 Å². The molecule has 196 valence electrons. The Hall–Kier alpha value is -2.88. The number of rotatable bonds is 10. The number of anilines is 1. The summed E-state index contributed by atoms with van der Waals surface area (Å²) in [4.78, 5) is 15.2. The zero-order valence-electron chi connectivity index (χ0n) is 20.9. The van der Waals surface area contributed by atoms with E-state index in [1.165, 1.54) is 6.42 Å². The first-order chi connectivity index (χ1) is 17.7. The highest BCUT2D eigenvalue weighted by atomic mass is 35.5. The van der Waals surface area contributed by atoms with Crippen molar-refractivity contribution in [3.05, 3.63) is 75.8 Å². The van der Waals surface area contributed by atoms with Gasteiger partial charge in [0.1, 0.15) is 12.2 Å². The number of alkyl halides is 2. The minimum Gasteiger partial charge on any atom is -0.323 e. The van der Waals surface area contributed by atoms with E-state index in [4.69, 9.17) is 11.6 Å². The monoisotopic (exact) mass is 529 g/mol. The highest BCUT2D eigenvalue weighted by Crippen LogP contribution is 2.37. The highest BCUT2D eigenvalue weighted by molar-refractivity contribution is 6.32. The van der Waals surface area contributed by atoms with Gasteiger partial charge >= 0.3 is 6.61 Å². The molecule has 0 unspecified atom stereocenters. The van der Waals surface area contributed by atoms with E-state index >= 15 is 0 Å². The van der Waals surface area contributed by atoms with Crippen molar-refractivity contribution in [3.8, 4) is 0 Å². The van der Waals surface area contributed by atoms with Crippen LogP contribution in [0.15, 0.2) is 42.7 Å². The first kappa shape index (κ1) is 25.8. The Labute approximate surface area is 219 Å². The van der Waals surface area contributed by atoms with E-state index in [9.17, 15) is 13.6 Å². The summed E-state index contributed by atoms with van der Waals surface area (Å²) in [6.07, 6.45) is 5.39. The quantitative estimate of drug-likeness (QED) is 0.379. The molecule has 7 nitrogen and oxygen atoms in total. The number of fused-ring (bicyclic) bond motifs is 1. The minimum absolute atomic E-state index is 0.109. The van der Waals surface area contributed by atoms with Crippen LogP contribution in [0.1, 0.15) is 71.4 Å². The van der Waals surface area contributed by atoms with E-state index in [0.29, 0.717) is 35.2 Å². The number of halogens is 3.